The first-order valence-corrected chi connectivity index (χ1v) is 11.8. The molecule has 0 saturated heterocycles. The predicted molar refractivity (Wildman–Crippen MR) is 137 cm³/mol. The monoisotopic (exact) mass is 477 g/mol. The molecule has 0 aliphatic heterocycles. The molecule has 3 aromatic rings. The molecule has 184 valence electrons. The molecule has 35 heavy (non-hydrogen) atoms. The zero-order valence-corrected chi connectivity index (χ0v) is 20.0. The number of para-hydroxylation sites is 1. The number of carbonyl (C=O) groups is 1. The number of amides is 1. The van der Waals surface area contributed by atoms with E-state index in [0.29, 0.717) is 6.54 Å². The number of aromatic nitrogens is 2. The summed E-state index contributed by atoms with van der Waals surface area (Å²) in [5, 5.41) is 19.6. The van der Waals surface area contributed by atoms with Crippen molar-refractivity contribution in [3.63, 3.8) is 0 Å². The Morgan fingerprint density at radius 2 is 1.74 bits per heavy atom. The average molecular weight is 478 g/mol. The first-order valence-electron chi connectivity index (χ1n) is 11.8. The summed E-state index contributed by atoms with van der Waals surface area (Å²) < 4.78 is 1.41. The number of phenolic OH excluding ortho intramolecular Hbond substituents is 1. The largest absolute Gasteiger partial charge is 0.505 e. The maximum absolute atomic E-state index is 13.6. The summed E-state index contributed by atoms with van der Waals surface area (Å²) in [6, 6.07) is 14.1. The highest BCUT2D eigenvalue weighted by Gasteiger charge is 2.24. The molecule has 0 radical (unpaired) electrons. The van der Waals surface area contributed by atoms with E-state index in [4.69, 9.17) is 0 Å². The molecule has 0 bridgehead atoms. The van der Waals surface area contributed by atoms with Crippen LogP contribution in [0.15, 0.2) is 58.1 Å². The van der Waals surface area contributed by atoms with Crippen LogP contribution in [-0.2, 0) is 6.54 Å². The van der Waals surface area contributed by atoms with E-state index in [1.165, 1.54) is 15.6 Å². The molecular formula is C26H31N5O4. The zero-order chi connectivity index (χ0) is 24.9. The van der Waals surface area contributed by atoms with E-state index in [1.54, 1.807) is 26.2 Å². The van der Waals surface area contributed by atoms with Gasteiger partial charge in [-0.2, -0.15) is 0 Å². The average Bonchev–Trinajstić information content (AvgIpc) is 2.87. The van der Waals surface area contributed by atoms with Crippen molar-refractivity contribution in [2.24, 2.45) is 0 Å². The van der Waals surface area contributed by atoms with Crippen molar-refractivity contribution in [3.05, 3.63) is 80.4 Å². The van der Waals surface area contributed by atoms with Gasteiger partial charge in [0.25, 0.3) is 17.0 Å². The van der Waals surface area contributed by atoms with Crippen LogP contribution in [0.2, 0.25) is 0 Å². The first kappa shape index (κ1) is 24.1. The van der Waals surface area contributed by atoms with Gasteiger partial charge in [-0.1, -0.05) is 55.7 Å². The van der Waals surface area contributed by atoms with Crippen LogP contribution in [0.25, 0.3) is 0 Å². The minimum Gasteiger partial charge on any atom is -0.505 e. The van der Waals surface area contributed by atoms with Crippen LogP contribution in [0.3, 0.4) is 0 Å². The fraction of sp³-hybridized carbons (Fsp3) is 0.346. The zero-order valence-electron chi connectivity index (χ0n) is 20.0. The summed E-state index contributed by atoms with van der Waals surface area (Å²) in [7, 11) is 3.18. The molecule has 1 saturated carbocycles. The molecule has 1 heterocycles. The van der Waals surface area contributed by atoms with Crippen LogP contribution < -0.4 is 21.8 Å². The highest BCUT2D eigenvalue weighted by atomic mass is 16.3. The molecule has 4 N–H and O–H groups in total. The predicted octanol–water partition coefficient (Wildman–Crippen LogP) is 3.80. The second-order valence-electron chi connectivity index (χ2n) is 9.02. The molecule has 0 unspecified atom stereocenters. The van der Waals surface area contributed by atoms with Gasteiger partial charge in [0.15, 0.2) is 5.75 Å². The summed E-state index contributed by atoms with van der Waals surface area (Å²) in [6.07, 6.45) is 4.71. The van der Waals surface area contributed by atoms with Gasteiger partial charge < -0.3 is 20.6 Å². The summed E-state index contributed by atoms with van der Waals surface area (Å²) in [6.45, 7) is 0.330. The van der Waals surface area contributed by atoms with Crippen LogP contribution in [0.1, 0.15) is 54.1 Å². The van der Waals surface area contributed by atoms with Gasteiger partial charge in [-0.25, -0.2) is 4.68 Å². The quantitative estimate of drug-likeness (QED) is 0.384. The molecule has 9 nitrogen and oxygen atoms in total. The molecule has 4 rings (SSSR count). The first-order chi connectivity index (χ1) is 16.9. The standard InChI is InChI=1S/C26H31N5O4/c1-30(2)25(34)19-14-9-15-20(23(19)32)28-22-21(27-16-17-10-5-3-6-11-17)24(33)29-31(26(22)35)18-12-7-4-8-13-18/h3,5-6,9-11,14-15,18,27-28,32H,4,7-8,12-13,16H2,1-2H3,(H,29,33). The molecular weight excluding hydrogens is 446 g/mol. The van der Waals surface area contributed by atoms with Gasteiger partial charge in [0.2, 0.25) is 0 Å². The smallest absolute Gasteiger partial charge is 0.291 e. The van der Waals surface area contributed by atoms with Crippen molar-refractivity contribution in [1.82, 2.24) is 14.7 Å². The van der Waals surface area contributed by atoms with Crippen molar-refractivity contribution >= 4 is 23.0 Å². The van der Waals surface area contributed by atoms with Crippen molar-refractivity contribution < 1.29 is 9.90 Å². The lowest BCUT2D eigenvalue weighted by Crippen LogP contribution is -2.36. The topological polar surface area (TPSA) is 119 Å². The lowest BCUT2D eigenvalue weighted by molar-refractivity contribution is 0.0824. The maximum atomic E-state index is 13.6. The second kappa shape index (κ2) is 10.5. The molecule has 2 aromatic carbocycles. The van der Waals surface area contributed by atoms with Gasteiger partial charge in [0.05, 0.1) is 17.3 Å². The van der Waals surface area contributed by atoms with Gasteiger partial charge in [0.1, 0.15) is 11.4 Å². The van der Waals surface area contributed by atoms with Gasteiger partial charge >= 0.3 is 0 Å². The number of aromatic amines is 1. The molecule has 9 heteroatoms. The van der Waals surface area contributed by atoms with Gasteiger partial charge in [-0.3, -0.25) is 19.5 Å². The van der Waals surface area contributed by atoms with Gasteiger partial charge in [-0.05, 0) is 30.5 Å². The van der Waals surface area contributed by atoms with Crippen LogP contribution >= 0.6 is 0 Å². The van der Waals surface area contributed by atoms with Crippen LogP contribution in [-0.4, -0.2) is 39.8 Å². The van der Waals surface area contributed by atoms with Crippen LogP contribution in [0.4, 0.5) is 17.1 Å². The number of rotatable bonds is 7. The van der Waals surface area contributed by atoms with Crippen molar-refractivity contribution in [1.29, 1.82) is 0 Å². The summed E-state index contributed by atoms with van der Waals surface area (Å²) in [5.41, 5.74) is 0.476. The Kier molecular flexibility index (Phi) is 7.24. The van der Waals surface area contributed by atoms with Crippen molar-refractivity contribution in [2.75, 3.05) is 24.7 Å². The van der Waals surface area contributed by atoms with Crippen molar-refractivity contribution in [2.45, 2.75) is 44.7 Å². The number of carbonyl (C=O) groups excluding carboxylic acids is 1. The highest BCUT2D eigenvalue weighted by molar-refractivity contribution is 5.98. The number of nitrogens with one attached hydrogen (secondary N) is 3. The minimum atomic E-state index is -0.436. The Hall–Kier alpha value is -4.01. The third-order valence-electron chi connectivity index (χ3n) is 6.32. The molecule has 1 fully saturated rings. The number of hydrogen-bond acceptors (Lipinski definition) is 6. The molecule has 1 aliphatic carbocycles. The fourth-order valence-corrected chi connectivity index (χ4v) is 4.42. The Morgan fingerprint density at radius 1 is 1.03 bits per heavy atom. The normalized spacial score (nSPS) is 13.9. The number of anilines is 3. The van der Waals surface area contributed by atoms with E-state index in [1.807, 2.05) is 30.3 Å². The van der Waals surface area contributed by atoms with Gasteiger partial charge in [0, 0.05) is 20.6 Å². The number of H-pyrrole nitrogens is 1. The lowest BCUT2D eigenvalue weighted by Gasteiger charge is -2.25. The maximum Gasteiger partial charge on any atom is 0.291 e. The van der Waals surface area contributed by atoms with Gasteiger partial charge in [-0.15, -0.1) is 0 Å². The van der Waals surface area contributed by atoms with E-state index >= 15 is 0 Å². The second-order valence-corrected chi connectivity index (χ2v) is 9.02. The third-order valence-corrected chi connectivity index (χ3v) is 6.32. The third kappa shape index (κ3) is 5.24. The number of benzene rings is 2. The van der Waals surface area contributed by atoms with E-state index < -0.39 is 11.1 Å². The Balaban J connectivity index is 1.78. The lowest BCUT2D eigenvalue weighted by atomic mass is 9.95. The molecule has 1 aromatic heterocycles. The number of hydrogen-bond donors (Lipinski definition) is 4. The van der Waals surface area contributed by atoms with E-state index in [0.717, 1.165) is 37.7 Å². The summed E-state index contributed by atoms with van der Waals surface area (Å²) in [4.78, 5) is 40.6. The highest BCUT2D eigenvalue weighted by Crippen LogP contribution is 2.32. The van der Waals surface area contributed by atoms with Crippen LogP contribution in [0, 0.1) is 0 Å². The van der Waals surface area contributed by atoms with E-state index in [-0.39, 0.29) is 40.3 Å². The summed E-state index contributed by atoms with van der Waals surface area (Å²) in [5.74, 6) is -0.664. The SMILES string of the molecule is CN(C)C(=O)c1cccc(Nc2c(NCc3ccccc3)c(=O)[nH]n(C3CCCCC3)c2=O)c1O. The molecule has 0 atom stereocenters. The molecule has 1 aliphatic rings. The van der Waals surface area contributed by atoms with Crippen LogP contribution in [0.5, 0.6) is 5.75 Å². The Morgan fingerprint density at radius 3 is 2.43 bits per heavy atom. The summed E-state index contributed by atoms with van der Waals surface area (Å²) >= 11 is 0. The number of phenols is 1. The Bertz CT molecular complexity index is 1310. The molecule has 0 spiro atoms. The molecule has 1 amide bonds. The van der Waals surface area contributed by atoms with E-state index in [2.05, 4.69) is 15.7 Å². The fourth-order valence-electron chi connectivity index (χ4n) is 4.42. The number of aromatic hydroxyl groups is 1. The van der Waals surface area contributed by atoms with E-state index in [9.17, 15) is 19.5 Å². The minimum absolute atomic E-state index is 0.0278. The van der Waals surface area contributed by atoms with Crippen molar-refractivity contribution in [3.8, 4) is 5.75 Å². The Labute approximate surface area is 203 Å². The number of nitrogens with zero attached hydrogens (tertiary/aromatic N) is 2.